The zero-order chi connectivity index (χ0) is 11.4. The summed E-state index contributed by atoms with van der Waals surface area (Å²) in [6.45, 7) is 3.50. The molecule has 0 aromatic carbocycles. The number of nitrogens with one attached hydrogen (secondary N) is 1. The van der Waals surface area contributed by atoms with Crippen LogP contribution in [0.4, 0.5) is 0 Å². The normalized spacial score (nSPS) is 35.1. The minimum absolute atomic E-state index is 0.354. The largest absolute Gasteiger partial charge is 0.312 e. The summed E-state index contributed by atoms with van der Waals surface area (Å²) in [5.41, 5.74) is 4.54. The zero-order valence-electron chi connectivity index (χ0n) is 7.86. The fraction of sp³-hybridized carbons (Fsp3) is 0.625. The molecular weight excluding hydrogens is 240 g/mol. The van der Waals surface area contributed by atoms with Gasteiger partial charge in [-0.25, -0.2) is 8.42 Å². The Bertz CT molecular complexity index is 443. The van der Waals surface area contributed by atoms with Gasteiger partial charge in [0.25, 0.3) is 5.91 Å². The van der Waals surface area contributed by atoms with Crippen LogP contribution in [-0.2, 0) is 14.8 Å². The van der Waals surface area contributed by atoms with Crippen molar-refractivity contribution >= 4 is 27.5 Å². The quantitative estimate of drug-likeness (QED) is 0.521. The third-order valence-electron chi connectivity index (χ3n) is 2.73. The lowest BCUT2D eigenvalue weighted by molar-refractivity contribution is -0.121. The minimum Gasteiger partial charge on any atom is -0.312 e. The molecule has 15 heavy (non-hydrogen) atoms. The van der Waals surface area contributed by atoms with Gasteiger partial charge in [-0.2, -0.15) is 0 Å². The second kappa shape index (κ2) is 2.96. The van der Waals surface area contributed by atoms with Gasteiger partial charge in [0, 0.05) is 0 Å². The van der Waals surface area contributed by atoms with Crippen LogP contribution in [0.3, 0.4) is 0 Å². The molecule has 0 saturated heterocycles. The van der Waals surface area contributed by atoms with Crippen molar-refractivity contribution in [2.24, 2.45) is 5.73 Å². The molecule has 3 N–H and O–H groups in total. The van der Waals surface area contributed by atoms with Gasteiger partial charge in [0.15, 0.2) is 0 Å². The molecule has 0 bridgehead atoms. The summed E-state index contributed by atoms with van der Waals surface area (Å²) in [4.78, 5) is 11.5. The molecule has 0 aliphatic heterocycles. The van der Waals surface area contributed by atoms with E-state index in [9.17, 15) is 13.2 Å². The Kier molecular flexibility index (Phi) is 2.15. The topological polar surface area (TPSA) is 89.3 Å². The maximum absolute atomic E-state index is 11.5. The molecule has 2 fully saturated rings. The lowest BCUT2D eigenvalue weighted by Crippen LogP contribution is -2.48. The van der Waals surface area contributed by atoms with Crippen LogP contribution >= 0.6 is 11.6 Å². The monoisotopic (exact) mass is 250 g/mol. The zero-order valence-corrected chi connectivity index (χ0v) is 9.44. The van der Waals surface area contributed by atoms with E-state index < -0.39 is 32.1 Å². The highest BCUT2D eigenvalue weighted by Gasteiger charge is 2.62. The number of carbonyl (C=O) groups is 1. The molecule has 2 aliphatic rings. The molecule has 1 amide bonds. The van der Waals surface area contributed by atoms with Crippen molar-refractivity contribution in [2.75, 3.05) is 0 Å². The summed E-state index contributed by atoms with van der Waals surface area (Å²) in [5, 5.41) is -1.13. The van der Waals surface area contributed by atoms with Crippen molar-refractivity contribution in [3.05, 3.63) is 12.2 Å². The Morgan fingerprint density at radius 2 is 2.07 bits per heavy atom. The second-order valence-electron chi connectivity index (χ2n) is 3.93. The molecule has 2 aliphatic carbocycles. The maximum Gasteiger partial charge on any atom is 0.259 e. The first kappa shape index (κ1) is 10.9. The molecule has 0 aromatic heterocycles. The molecule has 2 unspecified atom stereocenters. The molecule has 0 aromatic rings. The Morgan fingerprint density at radius 3 is 2.40 bits per heavy atom. The van der Waals surface area contributed by atoms with Gasteiger partial charge < -0.3 is 5.73 Å². The molecule has 2 saturated carbocycles. The molecule has 7 heteroatoms. The van der Waals surface area contributed by atoms with E-state index in [2.05, 4.69) is 6.58 Å². The highest BCUT2D eigenvalue weighted by Crippen LogP contribution is 2.44. The van der Waals surface area contributed by atoms with E-state index in [4.69, 9.17) is 17.3 Å². The number of rotatable bonds is 3. The van der Waals surface area contributed by atoms with Gasteiger partial charge in [-0.15, -0.1) is 11.6 Å². The number of nitrogens with two attached hydrogens (primary N) is 1. The highest BCUT2D eigenvalue weighted by atomic mass is 35.5. The van der Waals surface area contributed by atoms with E-state index in [0.29, 0.717) is 18.4 Å². The third-order valence-corrected chi connectivity index (χ3v) is 5.15. The van der Waals surface area contributed by atoms with Crippen LogP contribution in [0.1, 0.15) is 12.8 Å². The van der Waals surface area contributed by atoms with Crippen molar-refractivity contribution in [1.29, 1.82) is 0 Å². The summed E-state index contributed by atoms with van der Waals surface area (Å²) in [6.07, 6.45) is 1.18. The smallest absolute Gasteiger partial charge is 0.259 e. The van der Waals surface area contributed by atoms with Crippen LogP contribution in [0.25, 0.3) is 0 Å². The summed E-state index contributed by atoms with van der Waals surface area (Å²) in [7, 11) is -3.56. The summed E-state index contributed by atoms with van der Waals surface area (Å²) >= 11 is 5.68. The van der Waals surface area contributed by atoms with Crippen molar-refractivity contribution in [3.8, 4) is 0 Å². The van der Waals surface area contributed by atoms with E-state index in [0.717, 1.165) is 0 Å². The van der Waals surface area contributed by atoms with Crippen LogP contribution in [0.2, 0.25) is 0 Å². The van der Waals surface area contributed by atoms with E-state index in [1.807, 2.05) is 4.72 Å². The second-order valence-corrected chi connectivity index (χ2v) is 6.33. The molecule has 0 radical (unpaired) electrons. The van der Waals surface area contributed by atoms with Crippen LogP contribution in [0, 0.1) is 0 Å². The van der Waals surface area contributed by atoms with Crippen molar-refractivity contribution in [2.45, 2.75) is 29.0 Å². The van der Waals surface area contributed by atoms with Crippen molar-refractivity contribution in [3.63, 3.8) is 0 Å². The number of amides is 1. The lowest BCUT2D eigenvalue weighted by Gasteiger charge is -2.10. The molecular formula is C8H11ClN2O3S. The van der Waals surface area contributed by atoms with E-state index in [1.165, 1.54) is 0 Å². The maximum atomic E-state index is 11.5. The van der Waals surface area contributed by atoms with Gasteiger partial charge in [0.1, 0.15) is 5.54 Å². The summed E-state index contributed by atoms with van der Waals surface area (Å²) in [5.74, 6) is -0.778. The predicted octanol–water partition coefficient (Wildman–Crippen LogP) is -0.530. The first-order valence-electron chi connectivity index (χ1n) is 4.48. The van der Waals surface area contributed by atoms with Crippen molar-refractivity contribution in [1.82, 2.24) is 4.72 Å². The summed E-state index contributed by atoms with van der Waals surface area (Å²) in [6, 6.07) is 0. The van der Waals surface area contributed by atoms with E-state index in [1.54, 1.807) is 0 Å². The lowest BCUT2D eigenvalue weighted by atomic mass is 10.3. The minimum atomic E-state index is -3.56. The first-order chi connectivity index (χ1) is 6.80. The van der Waals surface area contributed by atoms with Crippen molar-refractivity contribution < 1.29 is 13.2 Å². The molecule has 5 nitrogen and oxygen atoms in total. The van der Waals surface area contributed by atoms with E-state index in [-0.39, 0.29) is 0 Å². The van der Waals surface area contributed by atoms with Gasteiger partial charge in [0.05, 0.1) is 10.6 Å². The average Bonchev–Trinajstić information content (AvgIpc) is 3.02. The molecule has 0 spiro atoms. The van der Waals surface area contributed by atoms with Gasteiger partial charge >= 0.3 is 0 Å². The fourth-order valence-corrected chi connectivity index (χ4v) is 3.01. The first-order valence-corrected chi connectivity index (χ1v) is 6.46. The number of halogens is 1. The Labute approximate surface area is 92.7 Å². The molecule has 0 heterocycles. The number of hydrogen-bond donors (Lipinski definition) is 2. The van der Waals surface area contributed by atoms with Crippen LogP contribution in [0.15, 0.2) is 12.2 Å². The van der Waals surface area contributed by atoms with Gasteiger partial charge in [-0.1, -0.05) is 6.58 Å². The Morgan fingerprint density at radius 1 is 1.60 bits per heavy atom. The predicted molar refractivity (Wildman–Crippen MR) is 55.8 cm³/mol. The third kappa shape index (κ3) is 1.56. The highest BCUT2D eigenvalue weighted by molar-refractivity contribution is 7.91. The Balaban J connectivity index is 2.08. The number of alkyl halides is 1. The van der Waals surface area contributed by atoms with Crippen LogP contribution < -0.4 is 10.5 Å². The molecule has 84 valence electrons. The molecule has 2 rings (SSSR count). The molecule has 2 atom stereocenters. The number of hydrogen-bond acceptors (Lipinski definition) is 4. The average molecular weight is 251 g/mol. The van der Waals surface area contributed by atoms with Gasteiger partial charge in [-0.3, -0.25) is 9.52 Å². The van der Waals surface area contributed by atoms with Crippen LogP contribution in [0.5, 0.6) is 0 Å². The SMILES string of the molecule is C=C1C(Cl)C1(N)C(=O)NS(=O)(=O)C1CC1. The number of sulfonamides is 1. The summed E-state index contributed by atoms with van der Waals surface area (Å²) < 4.78 is 24.8. The van der Waals surface area contributed by atoms with E-state index >= 15 is 0 Å². The Hall–Kier alpha value is -0.590. The fourth-order valence-electron chi connectivity index (χ4n) is 1.30. The van der Waals surface area contributed by atoms with Gasteiger partial charge in [0.2, 0.25) is 10.0 Å². The van der Waals surface area contributed by atoms with Crippen LogP contribution in [-0.4, -0.2) is 30.5 Å². The number of carbonyl (C=O) groups excluding carboxylic acids is 1. The standard InChI is InChI=1S/C8H11ClN2O3S/c1-4-6(9)8(4,10)7(12)11-15(13,14)5-2-3-5/h5-6H,1-3,10H2,(H,11,12). The van der Waals surface area contributed by atoms with Gasteiger partial charge in [-0.05, 0) is 18.4 Å².